The Morgan fingerprint density at radius 3 is 2.62 bits per heavy atom. The molecule has 218 valence electrons. The van der Waals surface area contributed by atoms with Crippen molar-refractivity contribution in [3.63, 3.8) is 0 Å². The molecule has 0 saturated heterocycles. The molecule has 1 aromatic carbocycles. The van der Waals surface area contributed by atoms with Crippen LogP contribution in [0, 0.1) is 5.82 Å². The van der Waals surface area contributed by atoms with Gasteiger partial charge in [-0.05, 0) is 49.2 Å². The molecule has 1 unspecified atom stereocenters. The fourth-order valence-electron chi connectivity index (χ4n) is 4.92. The van der Waals surface area contributed by atoms with Crippen molar-refractivity contribution in [1.29, 1.82) is 0 Å². The molecule has 0 bridgehead atoms. The normalized spacial score (nSPS) is 16.7. The Bertz CT molecular complexity index is 1690. The number of halogens is 5. The van der Waals surface area contributed by atoms with Gasteiger partial charge in [-0.3, -0.25) is 9.59 Å². The minimum Gasteiger partial charge on any atom is -0.481 e. The van der Waals surface area contributed by atoms with Gasteiger partial charge in [-0.25, -0.2) is 14.4 Å². The average Bonchev–Trinajstić information content (AvgIpc) is 3.67. The quantitative estimate of drug-likeness (QED) is 0.239. The highest BCUT2D eigenvalue weighted by molar-refractivity contribution is 6.31. The molecule has 42 heavy (non-hydrogen) atoms. The fourth-order valence-corrected chi connectivity index (χ4v) is 5.12. The first-order chi connectivity index (χ1) is 20.1. The third kappa shape index (κ3) is 5.69. The Morgan fingerprint density at radius 2 is 1.90 bits per heavy atom. The number of carbonyl (C=O) groups is 2. The first-order valence-electron chi connectivity index (χ1n) is 13.0. The number of hydrogen-bond donors (Lipinski definition) is 1. The van der Waals surface area contributed by atoms with Crippen molar-refractivity contribution in [3.05, 3.63) is 88.3 Å². The van der Waals surface area contributed by atoms with Crippen molar-refractivity contribution >= 4 is 29.1 Å². The number of nitrogens with one attached hydrogen (secondary N) is 1. The lowest BCUT2D eigenvalue weighted by Crippen LogP contribution is -2.43. The number of nitrogens with zero attached hydrogens (tertiary/aromatic N) is 4. The van der Waals surface area contributed by atoms with Crippen molar-refractivity contribution < 1.29 is 36.6 Å². The van der Waals surface area contributed by atoms with Gasteiger partial charge in [-0.15, -0.1) is 13.2 Å². The van der Waals surface area contributed by atoms with Crippen LogP contribution in [-0.4, -0.2) is 56.6 Å². The van der Waals surface area contributed by atoms with Crippen LogP contribution in [0.3, 0.4) is 0 Å². The van der Waals surface area contributed by atoms with E-state index in [2.05, 4.69) is 20.0 Å². The van der Waals surface area contributed by atoms with Crippen LogP contribution in [-0.2, 0) is 11.2 Å². The molecule has 3 aromatic heterocycles. The lowest BCUT2D eigenvalue weighted by atomic mass is 9.94. The van der Waals surface area contributed by atoms with E-state index in [0.717, 1.165) is 25.0 Å². The fraction of sp³-hybridized carbons (Fsp3) is 0.286. The number of pyridine rings is 2. The molecule has 1 fully saturated rings. The molecule has 1 N–H and O–H groups in total. The van der Waals surface area contributed by atoms with Crippen LogP contribution in [0.5, 0.6) is 11.5 Å². The van der Waals surface area contributed by atoms with E-state index in [0.29, 0.717) is 29.5 Å². The number of aromatic nitrogens is 3. The number of benzene rings is 1. The number of imidazole rings is 1. The zero-order valence-corrected chi connectivity index (χ0v) is 22.5. The Balaban J connectivity index is 1.28. The molecule has 6 rings (SSSR count). The molecule has 2 amide bonds. The molecule has 1 aliphatic carbocycles. The molecule has 0 spiro atoms. The van der Waals surface area contributed by atoms with Crippen LogP contribution in [0.1, 0.15) is 46.3 Å². The molecule has 9 nitrogen and oxygen atoms in total. The van der Waals surface area contributed by atoms with Gasteiger partial charge >= 0.3 is 6.36 Å². The van der Waals surface area contributed by atoms with Gasteiger partial charge in [-0.2, -0.15) is 0 Å². The third-order valence-electron chi connectivity index (χ3n) is 6.93. The lowest BCUT2D eigenvalue weighted by molar-refractivity contribution is -0.274. The largest absolute Gasteiger partial charge is 0.573 e. The van der Waals surface area contributed by atoms with Crippen LogP contribution in [0.2, 0.25) is 5.15 Å². The van der Waals surface area contributed by atoms with E-state index < -0.39 is 36.5 Å². The molecule has 4 aromatic rings. The second-order valence-electron chi connectivity index (χ2n) is 9.87. The predicted octanol–water partition coefficient (Wildman–Crippen LogP) is 4.87. The highest BCUT2D eigenvalue weighted by atomic mass is 35.5. The SMILES string of the molecule is O=C(NC1CC1)c1ccc(OCC(=O)N2CCc3nc4ccccn4c3C2c2ccc(OC(F)(F)F)cc2F)c(Cl)n1. The second-order valence-corrected chi connectivity index (χ2v) is 10.2. The second kappa shape index (κ2) is 10.8. The van der Waals surface area contributed by atoms with Crippen LogP contribution in [0.15, 0.2) is 54.7 Å². The van der Waals surface area contributed by atoms with Crippen LogP contribution < -0.4 is 14.8 Å². The number of hydrogen-bond acceptors (Lipinski definition) is 6. The van der Waals surface area contributed by atoms with E-state index >= 15 is 4.39 Å². The minimum atomic E-state index is -5.00. The molecular weight excluding hydrogens is 582 g/mol. The molecular formula is C28H22ClF4N5O4. The number of ether oxygens (including phenoxy) is 2. The Labute approximate surface area is 241 Å². The standard InChI is InChI=1S/C28H22ClF4N5O4/c29-26-21(9-8-20(36-26)27(40)34-15-4-5-15)41-14-23(39)38-12-10-19-25(37-11-2-1-3-22(37)35-19)24(38)17-7-6-16(13-18(17)30)42-28(31,32)33/h1-3,6-9,11,13,15,24H,4-5,10,12,14H2,(H,34,40). The molecule has 1 atom stereocenters. The molecule has 1 saturated carbocycles. The summed E-state index contributed by atoms with van der Waals surface area (Å²) in [5.41, 5.74) is 1.75. The Kier molecular flexibility index (Phi) is 7.13. The van der Waals surface area contributed by atoms with Gasteiger partial charge in [0.15, 0.2) is 17.5 Å². The number of carbonyl (C=O) groups excluding carboxylic acids is 2. The van der Waals surface area contributed by atoms with Gasteiger partial charge in [-0.1, -0.05) is 17.7 Å². The van der Waals surface area contributed by atoms with Crippen molar-refractivity contribution in [1.82, 2.24) is 24.6 Å². The van der Waals surface area contributed by atoms with Crippen LogP contribution in [0.4, 0.5) is 17.6 Å². The van der Waals surface area contributed by atoms with E-state index in [1.54, 1.807) is 28.8 Å². The predicted molar refractivity (Wildman–Crippen MR) is 141 cm³/mol. The van der Waals surface area contributed by atoms with E-state index in [-0.39, 0.29) is 40.7 Å². The third-order valence-corrected chi connectivity index (χ3v) is 7.21. The van der Waals surface area contributed by atoms with Gasteiger partial charge in [0.25, 0.3) is 11.8 Å². The first-order valence-corrected chi connectivity index (χ1v) is 13.4. The highest BCUT2D eigenvalue weighted by Crippen LogP contribution is 2.38. The van der Waals surface area contributed by atoms with Crippen molar-refractivity contribution in [3.8, 4) is 11.5 Å². The summed E-state index contributed by atoms with van der Waals surface area (Å²) in [5.74, 6) is -2.56. The number of alkyl halides is 3. The van der Waals surface area contributed by atoms with Crippen molar-refractivity contribution in [2.45, 2.75) is 37.7 Å². The minimum absolute atomic E-state index is 0.0461. The van der Waals surface area contributed by atoms with Crippen molar-refractivity contribution in [2.24, 2.45) is 0 Å². The van der Waals surface area contributed by atoms with Gasteiger partial charge in [0, 0.05) is 36.8 Å². The molecule has 2 aliphatic rings. The van der Waals surface area contributed by atoms with Gasteiger partial charge in [0.2, 0.25) is 0 Å². The Morgan fingerprint density at radius 1 is 1.10 bits per heavy atom. The summed E-state index contributed by atoms with van der Waals surface area (Å²) < 4.78 is 64.9. The summed E-state index contributed by atoms with van der Waals surface area (Å²) in [7, 11) is 0. The first kappa shape index (κ1) is 27.8. The van der Waals surface area contributed by atoms with E-state index in [1.807, 2.05) is 0 Å². The van der Waals surface area contributed by atoms with E-state index in [9.17, 15) is 22.8 Å². The van der Waals surface area contributed by atoms with Crippen LogP contribution in [0.25, 0.3) is 5.65 Å². The maximum absolute atomic E-state index is 15.4. The van der Waals surface area contributed by atoms with Gasteiger partial charge in [0.05, 0.1) is 11.4 Å². The lowest BCUT2D eigenvalue weighted by Gasteiger charge is -2.36. The monoisotopic (exact) mass is 603 g/mol. The number of amides is 2. The zero-order chi connectivity index (χ0) is 29.6. The average molecular weight is 604 g/mol. The summed E-state index contributed by atoms with van der Waals surface area (Å²) in [4.78, 5) is 35.9. The topological polar surface area (TPSA) is 98.1 Å². The summed E-state index contributed by atoms with van der Waals surface area (Å²) in [6, 6.07) is 10.0. The maximum atomic E-state index is 15.4. The van der Waals surface area contributed by atoms with Crippen molar-refractivity contribution in [2.75, 3.05) is 13.2 Å². The summed E-state index contributed by atoms with van der Waals surface area (Å²) in [6.45, 7) is -0.370. The van der Waals surface area contributed by atoms with Gasteiger partial charge in [0.1, 0.15) is 28.9 Å². The Hall–Kier alpha value is -4.39. The van der Waals surface area contributed by atoms with Gasteiger partial charge < -0.3 is 24.1 Å². The summed E-state index contributed by atoms with van der Waals surface area (Å²) >= 11 is 6.22. The highest BCUT2D eigenvalue weighted by Gasteiger charge is 2.38. The summed E-state index contributed by atoms with van der Waals surface area (Å²) in [6.07, 6.45) is -1.12. The number of fused-ring (bicyclic) bond motifs is 3. The smallest absolute Gasteiger partial charge is 0.481 e. The molecule has 14 heteroatoms. The number of rotatable bonds is 7. The molecule has 4 heterocycles. The van der Waals surface area contributed by atoms with Crippen LogP contribution >= 0.6 is 11.6 Å². The molecule has 1 aliphatic heterocycles. The van der Waals surface area contributed by atoms with E-state index in [1.165, 1.54) is 17.0 Å². The maximum Gasteiger partial charge on any atom is 0.573 e. The zero-order valence-electron chi connectivity index (χ0n) is 21.7. The summed E-state index contributed by atoms with van der Waals surface area (Å²) in [5, 5.41) is 2.69. The molecule has 0 radical (unpaired) electrons. The van der Waals surface area contributed by atoms with E-state index in [4.69, 9.17) is 16.3 Å².